The fraction of sp³-hybridized carbons (Fsp3) is 0.667. The summed E-state index contributed by atoms with van der Waals surface area (Å²) < 4.78 is 12.4. The molecule has 1 saturated heterocycles. The Morgan fingerprint density at radius 1 is 1.11 bits per heavy atom. The van der Waals surface area contributed by atoms with Crippen LogP contribution in [0.15, 0.2) is 35.9 Å². The number of halogens is 2. The molecule has 4 aliphatic carbocycles. The Morgan fingerprint density at radius 2 is 1.84 bits per heavy atom. The molecular formula is C30H36Cl2O5. The number of rotatable bonds is 1. The van der Waals surface area contributed by atoms with Gasteiger partial charge in [-0.2, -0.15) is 0 Å². The summed E-state index contributed by atoms with van der Waals surface area (Å²) in [5.41, 5.74) is 0.196. The van der Waals surface area contributed by atoms with Gasteiger partial charge in [0.2, 0.25) is 0 Å². The number of aryl methyl sites for hydroxylation is 1. The molecule has 0 bridgehead atoms. The van der Waals surface area contributed by atoms with Crippen LogP contribution < -0.4 is 0 Å². The number of carbonyl (C=O) groups is 2. The van der Waals surface area contributed by atoms with Crippen molar-refractivity contribution < 1.29 is 24.2 Å². The SMILES string of the molecule is Cc1ccccc1C1(O)OCC(=O)[C@@]2(O1)[C@H](C)C[C@H]1[C@@H]3CCC4=CC(=O)CC[C@]4(C)[C@@]3(Cl)[C@@H](Cl)C[C@@]12C. The summed E-state index contributed by atoms with van der Waals surface area (Å²) in [6, 6.07) is 7.41. The van der Waals surface area contributed by atoms with E-state index in [4.69, 9.17) is 32.7 Å². The molecule has 9 atom stereocenters. The molecule has 1 N–H and O–H groups in total. The standard InChI is InChI=1S/C30H36Cl2O5/c1-17-7-5-6-8-21(17)30(35)36-16-25(34)29(37-30)18(2)13-23-22-10-9-19-14-20(33)11-12-26(19,3)28(22,32)24(31)15-27(23,29)4/h5-8,14,18,22-24,35H,9-13,15-16H2,1-4H3/t18-,22+,23+,24+,26+,27+,28+,29+,30?/m1/s1. The monoisotopic (exact) mass is 546 g/mol. The third kappa shape index (κ3) is 3.10. The molecule has 7 heteroatoms. The number of hydrogen-bond donors (Lipinski definition) is 1. The van der Waals surface area contributed by atoms with Crippen LogP contribution in [-0.4, -0.2) is 39.1 Å². The average Bonchev–Trinajstić information content (AvgIpc) is 3.05. The highest BCUT2D eigenvalue weighted by molar-refractivity contribution is 6.33. The number of Topliss-reactive ketones (excluding diaryl/α,β-unsaturated/α-hetero) is 1. The van der Waals surface area contributed by atoms with Crippen molar-refractivity contribution in [2.75, 3.05) is 6.61 Å². The van der Waals surface area contributed by atoms with E-state index in [1.165, 1.54) is 0 Å². The lowest BCUT2D eigenvalue weighted by Crippen LogP contribution is -2.71. The first kappa shape index (κ1) is 26.0. The van der Waals surface area contributed by atoms with Gasteiger partial charge in [0.15, 0.2) is 11.6 Å². The van der Waals surface area contributed by atoms with Gasteiger partial charge in [0.1, 0.15) is 12.2 Å². The number of ketones is 2. The summed E-state index contributed by atoms with van der Waals surface area (Å²) in [5, 5.41) is 11.3. The van der Waals surface area contributed by atoms with Crippen LogP contribution in [0.25, 0.3) is 0 Å². The van der Waals surface area contributed by atoms with Gasteiger partial charge in [-0.25, -0.2) is 0 Å². The Hall–Kier alpha value is -1.24. The predicted molar refractivity (Wildman–Crippen MR) is 141 cm³/mol. The first-order valence-electron chi connectivity index (χ1n) is 13.6. The number of allylic oxidation sites excluding steroid dienone is 1. The number of ether oxygens (including phenoxy) is 2. The zero-order chi connectivity index (χ0) is 26.6. The van der Waals surface area contributed by atoms with E-state index in [2.05, 4.69) is 20.8 Å². The van der Waals surface area contributed by atoms with Crippen LogP contribution in [0.5, 0.6) is 0 Å². The third-order valence-electron chi connectivity index (χ3n) is 11.1. The van der Waals surface area contributed by atoms with Gasteiger partial charge in [0, 0.05) is 22.8 Å². The highest BCUT2D eigenvalue weighted by Crippen LogP contribution is 2.74. The van der Waals surface area contributed by atoms with E-state index in [1.807, 2.05) is 31.2 Å². The molecule has 1 aliphatic heterocycles. The van der Waals surface area contributed by atoms with Gasteiger partial charge >= 0.3 is 5.97 Å². The zero-order valence-corrected chi connectivity index (χ0v) is 23.5. The van der Waals surface area contributed by atoms with Crippen molar-refractivity contribution in [3.05, 3.63) is 47.0 Å². The van der Waals surface area contributed by atoms with Gasteiger partial charge in [0.05, 0.1) is 10.3 Å². The fourth-order valence-corrected chi connectivity index (χ4v) is 10.5. The molecule has 5 aliphatic rings. The van der Waals surface area contributed by atoms with Crippen molar-refractivity contribution in [3.8, 4) is 0 Å². The second-order valence-corrected chi connectivity index (χ2v) is 13.8. The van der Waals surface area contributed by atoms with Crippen molar-refractivity contribution in [1.29, 1.82) is 0 Å². The number of hydrogen-bond acceptors (Lipinski definition) is 5. The Bertz CT molecular complexity index is 1210. The molecule has 0 aromatic heterocycles. The maximum absolute atomic E-state index is 13.9. The molecule has 1 heterocycles. The normalized spacial score (nSPS) is 49.3. The topological polar surface area (TPSA) is 72.8 Å². The lowest BCUT2D eigenvalue weighted by atomic mass is 9.45. The molecule has 1 aromatic rings. The first-order chi connectivity index (χ1) is 17.3. The Labute approximate surface area is 228 Å². The predicted octanol–water partition coefficient (Wildman–Crippen LogP) is 5.81. The summed E-state index contributed by atoms with van der Waals surface area (Å²) in [6.45, 7) is 8.02. The lowest BCUT2D eigenvalue weighted by Gasteiger charge is -2.65. The summed E-state index contributed by atoms with van der Waals surface area (Å²) >= 11 is 15.1. The molecule has 200 valence electrons. The van der Waals surface area contributed by atoms with Crippen LogP contribution in [0, 0.1) is 35.5 Å². The van der Waals surface area contributed by atoms with Crippen molar-refractivity contribution in [2.45, 2.75) is 88.0 Å². The molecule has 1 unspecified atom stereocenters. The van der Waals surface area contributed by atoms with Crippen LogP contribution in [0.2, 0.25) is 0 Å². The quantitative estimate of drug-likeness (QED) is 0.450. The molecule has 0 amide bonds. The molecule has 6 rings (SSSR count). The van der Waals surface area contributed by atoms with E-state index in [0.717, 1.165) is 30.4 Å². The molecule has 37 heavy (non-hydrogen) atoms. The number of fused-ring (bicyclic) bond motifs is 6. The van der Waals surface area contributed by atoms with Gasteiger partial charge in [0.25, 0.3) is 0 Å². The number of aliphatic hydroxyl groups is 1. The van der Waals surface area contributed by atoms with Gasteiger partial charge in [-0.05, 0) is 68.4 Å². The second-order valence-electron chi connectivity index (χ2n) is 12.7. The number of alkyl halides is 2. The van der Waals surface area contributed by atoms with Gasteiger partial charge < -0.3 is 14.6 Å². The van der Waals surface area contributed by atoms with Crippen LogP contribution >= 0.6 is 23.2 Å². The highest BCUT2D eigenvalue weighted by Gasteiger charge is 2.77. The maximum Gasteiger partial charge on any atom is 0.311 e. The summed E-state index contributed by atoms with van der Waals surface area (Å²) in [6.07, 6.45) is 5.85. The Morgan fingerprint density at radius 3 is 2.57 bits per heavy atom. The third-order valence-corrected chi connectivity index (χ3v) is 12.7. The fourth-order valence-electron chi connectivity index (χ4n) is 9.27. The molecule has 4 fully saturated rings. The second kappa shape index (κ2) is 8.14. The largest absolute Gasteiger partial charge is 0.339 e. The average molecular weight is 548 g/mol. The Kier molecular flexibility index (Phi) is 5.72. The minimum atomic E-state index is -2.03. The molecule has 1 aromatic carbocycles. The van der Waals surface area contributed by atoms with Crippen LogP contribution in [0.4, 0.5) is 0 Å². The molecule has 1 spiro atoms. The van der Waals surface area contributed by atoms with Crippen molar-refractivity contribution in [1.82, 2.24) is 0 Å². The van der Waals surface area contributed by atoms with Gasteiger partial charge in [-0.1, -0.05) is 50.6 Å². The van der Waals surface area contributed by atoms with Crippen molar-refractivity contribution in [3.63, 3.8) is 0 Å². The van der Waals surface area contributed by atoms with E-state index < -0.39 is 27.2 Å². The Balaban J connectivity index is 1.45. The van der Waals surface area contributed by atoms with E-state index in [0.29, 0.717) is 24.8 Å². The zero-order valence-electron chi connectivity index (χ0n) is 22.0. The van der Waals surface area contributed by atoms with E-state index in [-0.39, 0.29) is 41.3 Å². The molecule has 0 radical (unpaired) electrons. The number of benzene rings is 1. The molecular weight excluding hydrogens is 511 g/mol. The van der Waals surface area contributed by atoms with Crippen molar-refractivity contribution in [2.24, 2.45) is 28.6 Å². The minimum Gasteiger partial charge on any atom is -0.339 e. The summed E-state index contributed by atoms with van der Waals surface area (Å²) in [4.78, 5) is 25.4. The van der Waals surface area contributed by atoms with E-state index in [1.54, 1.807) is 6.07 Å². The summed E-state index contributed by atoms with van der Waals surface area (Å²) in [7, 11) is 0. The molecule has 5 nitrogen and oxygen atoms in total. The lowest BCUT2D eigenvalue weighted by molar-refractivity contribution is -0.431. The van der Waals surface area contributed by atoms with Crippen LogP contribution in [-0.2, 0) is 25.0 Å². The van der Waals surface area contributed by atoms with Crippen LogP contribution in [0.1, 0.15) is 70.4 Å². The van der Waals surface area contributed by atoms with E-state index >= 15 is 0 Å². The van der Waals surface area contributed by atoms with E-state index in [9.17, 15) is 14.7 Å². The van der Waals surface area contributed by atoms with Gasteiger partial charge in [-0.3, -0.25) is 9.59 Å². The maximum atomic E-state index is 13.9. The van der Waals surface area contributed by atoms with Gasteiger partial charge in [-0.15, -0.1) is 23.2 Å². The summed E-state index contributed by atoms with van der Waals surface area (Å²) in [5.74, 6) is -2.02. The van der Waals surface area contributed by atoms with Crippen LogP contribution in [0.3, 0.4) is 0 Å². The molecule has 3 saturated carbocycles. The van der Waals surface area contributed by atoms with Crippen molar-refractivity contribution >= 4 is 34.8 Å². The number of carbonyl (C=O) groups excluding carboxylic acids is 2. The first-order valence-corrected chi connectivity index (χ1v) is 14.4. The smallest absolute Gasteiger partial charge is 0.311 e. The minimum absolute atomic E-state index is 0.0541. The highest BCUT2D eigenvalue weighted by atomic mass is 35.5.